The van der Waals surface area contributed by atoms with Crippen LogP contribution >= 0.6 is 0 Å². The van der Waals surface area contributed by atoms with Crippen LogP contribution in [0.3, 0.4) is 0 Å². The molecule has 4 aromatic carbocycles. The topological polar surface area (TPSA) is 27.2 Å². The lowest BCUT2D eigenvalue weighted by molar-refractivity contribution is 0.643. The van der Waals surface area contributed by atoms with E-state index >= 15 is 0 Å². The second kappa shape index (κ2) is 6.24. The molecule has 32 heavy (non-hydrogen) atoms. The number of nitrogens with zero attached hydrogens (tertiary/aromatic N) is 4. The zero-order valence-electron chi connectivity index (χ0n) is 18.0. The lowest BCUT2D eigenvalue weighted by Crippen LogP contribution is -2.00. The molecule has 0 aliphatic rings. The van der Waals surface area contributed by atoms with Crippen LogP contribution in [0.15, 0.2) is 91.0 Å². The molecule has 0 unspecified atom stereocenters. The highest BCUT2D eigenvalue weighted by atomic mass is 15.2. The van der Waals surface area contributed by atoms with E-state index in [4.69, 9.17) is 4.98 Å². The van der Waals surface area contributed by atoms with Crippen LogP contribution in [0, 0.1) is 0 Å². The van der Waals surface area contributed by atoms with Gasteiger partial charge in [0.15, 0.2) is 0 Å². The molecule has 4 nitrogen and oxygen atoms in total. The van der Waals surface area contributed by atoms with E-state index in [1.54, 1.807) is 0 Å². The maximum Gasteiger partial charge on any atom is 0.220 e. The highest BCUT2D eigenvalue weighted by Gasteiger charge is 2.22. The molecule has 0 fully saturated rings. The molecule has 0 aliphatic carbocycles. The minimum absolute atomic E-state index is 0.330. The lowest BCUT2D eigenvalue weighted by Gasteiger charge is -2.12. The first-order valence-corrected chi connectivity index (χ1v) is 11.1. The molecule has 0 aliphatic heterocycles. The lowest BCUT2D eigenvalue weighted by atomic mass is 10.1. The molecule has 0 saturated carbocycles. The molecule has 3 heterocycles. The Morgan fingerprint density at radius 2 is 1.31 bits per heavy atom. The van der Waals surface area contributed by atoms with Crippen molar-refractivity contribution in [3.05, 3.63) is 91.0 Å². The molecule has 0 bridgehead atoms. The van der Waals surface area contributed by atoms with Crippen LogP contribution in [-0.4, -0.2) is 18.5 Å². The molecule has 3 aromatic heterocycles. The van der Waals surface area contributed by atoms with Crippen LogP contribution in [0.2, 0.25) is 0 Å². The van der Waals surface area contributed by atoms with E-state index in [2.05, 4.69) is 118 Å². The Kier molecular flexibility index (Phi) is 3.43. The van der Waals surface area contributed by atoms with Gasteiger partial charge >= 0.3 is 0 Å². The maximum absolute atomic E-state index is 5.16. The van der Waals surface area contributed by atoms with Crippen molar-refractivity contribution in [2.45, 2.75) is 19.9 Å². The summed E-state index contributed by atoms with van der Waals surface area (Å²) in [5.74, 6) is 0.945. The van der Waals surface area contributed by atoms with E-state index < -0.39 is 0 Å². The zero-order chi connectivity index (χ0) is 21.4. The second-order valence-electron chi connectivity index (χ2n) is 8.72. The second-order valence-corrected chi connectivity index (χ2v) is 8.72. The Bertz CT molecular complexity index is 1800. The largest absolute Gasteiger partial charge is 0.336 e. The summed E-state index contributed by atoms with van der Waals surface area (Å²) in [5, 5.41) is 2.57. The molecule has 0 saturated heterocycles. The van der Waals surface area contributed by atoms with Crippen molar-refractivity contribution < 1.29 is 0 Å². The summed E-state index contributed by atoms with van der Waals surface area (Å²) < 4.78 is 7.08. The monoisotopic (exact) mass is 414 g/mol. The van der Waals surface area contributed by atoms with Gasteiger partial charge in [0.05, 0.1) is 27.6 Å². The number of aromatic nitrogens is 4. The third-order valence-electron chi connectivity index (χ3n) is 6.56. The average Bonchev–Trinajstić information content (AvgIpc) is 3.45. The van der Waals surface area contributed by atoms with Crippen molar-refractivity contribution in [2.24, 2.45) is 0 Å². The van der Waals surface area contributed by atoms with E-state index in [0.29, 0.717) is 6.04 Å². The summed E-state index contributed by atoms with van der Waals surface area (Å²) in [6, 6.07) is 32.6. The highest BCUT2D eigenvalue weighted by molar-refractivity contribution is 6.17. The molecular weight excluding hydrogens is 392 g/mol. The molecule has 0 amide bonds. The van der Waals surface area contributed by atoms with Gasteiger partial charge in [0, 0.05) is 28.0 Å². The van der Waals surface area contributed by atoms with E-state index in [1.165, 1.54) is 32.8 Å². The normalized spacial score (nSPS) is 12.3. The van der Waals surface area contributed by atoms with Crippen molar-refractivity contribution in [1.82, 2.24) is 18.5 Å². The van der Waals surface area contributed by atoms with Gasteiger partial charge in [0.1, 0.15) is 0 Å². The highest BCUT2D eigenvalue weighted by Crippen LogP contribution is 2.38. The minimum atomic E-state index is 0.330. The van der Waals surface area contributed by atoms with Crippen molar-refractivity contribution in [3.8, 4) is 5.69 Å². The van der Waals surface area contributed by atoms with Gasteiger partial charge in [-0.05, 0) is 56.3 Å². The van der Waals surface area contributed by atoms with Gasteiger partial charge in [0.2, 0.25) is 5.78 Å². The number of hydrogen-bond donors (Lipinski definition) is 0. The van der Waals surface area contributed by atoms with Crippen LogP contribution in [-0.2, 0) is 0 Å². The first-order chi connectivity index (χ1) is 15.7. The van der Waals surface area contributed by atoms with Crippen LogP contribution < -0.4 is 0 Å². The fraction of sp³-hybridized carbons (Fsp3) is 0.107. The smallest absolute Gasteiger partial charge is 0.220 e. The molecule has 0 radical (unpaired) electrons. The van der Waals surface area contributed by atoms with Crippen LogP contribution in [0.4, 0.5) is 0 Å². The SMILES string of the molecule is CC(C)n1c2ccccc2c2ccc3nc4n(-c5ccccc5)c5ccccc5n4c3c21. The summed E-state index contributed by atoms with van der Waals surface area (Å²) >= 11 is 0. The van der Waals surface area contributed by atoms with E-state index in [1.807, 2.05) is 0 Å². The first-order valence-electron chi connectivity index (χ1n) is 11.1. The van der Waals surface area contributed by atoms with E-state index in [9.17, 15) is 0 Å². The van der Waals surface area contributed by atoms with E-state index in [0.717, 1.165) is 22.5 Å². The Hall–Kier alpha value is -4.05. The fourth-order valence-corrected chi connectivity index (χ4v) is 5.33. The first kappa shape index (κ1) is 17.6. The summed E-state index contributed by atoms with van der Waals surface area (Å²) in [6.45, 7) is 4.52. The van der Waals surface area contributed by atoms with Crippen LogP contribution in [0.5, 0.6) is 0 Å². The van der Waals surface area contributed by atoms with Gasteiger partial charge in [-0.2, -0.15) is 0 Å². The molecule has 0 N–H and O–H groups in total. The number of benzene rings is 4. The molecule has 4 heteroatoms. The number of imidazole rings is 2. The van der Waals surface area contributed by atoms with Crippen molar-refractivity contribution in [3.63, 3.8) is 0 Å². The molecule has 0 atom stereocenters. The molecule has 7 aromatic rings. The Morgan fingerprint density at radius 1 is 0.625 bits per heavy atom. The van der Waals surface area contributed by atoms with Crippen molar-refractivity contribution in [2.75, 3.05) is 0 Å². The molecule has 7 rings (SSSR count). The van der Waals surface area contributed by atoms with Crippen molar-refractivity contribution >= 4 is 49.7 Å². The number of fused-ring (bicyclic) bond motifs is 9. The van der Waals surface area contributed by atoms with Gasteiger partial charge in [0.25, 0.3) is 0 Å². The third-order valence-corrected chi connectivity index (χ3v) is 6.56. The minimum Gasteiger partial charge on any atom is -0.336 e. The number of para-hydroxylation sites is 4. The van der Waals surface area contributed by atoms with Crippen molar-refractivity contribution in [1.29, 1.82) is 0 Å². The van der Waals surface area contributed by atoms with Gasteiger partial charge in [-0.15, -0.1) is 0 Å². The molecule has 0 spiro atoms. The summed E-state index contributed by atoms with van der Waals surface area (Å²) in [4.78, 5) is 5.16. The molecule has 154 valence electrons. The number of rotatable bonds is 2. The maximum atomic E-state index is 5.16. The van der Waals surface area contributed by atoms with Gasteiger partial charge in [-0.1, -0.05) is 48.5 Å². The number of hydrogen-bond acceptors (Lipinski definition) is 1. The predicted octanol–water partition coefficient (Wildman–Crippen LogP) is 7.12. The average molecular weight is 415 g/mol. The zero-order valence-corrected chi connectivity index (χ0v) is 18.0. The van der Waals surface area contributed by atoms with Gasteiger partial charge < -0.3 is 4.57 Å². The predicted molar refractivity (Wildman–Crippen MR) is 133 cm³/mol. The van der Waals surface area contributed by atoms with E-state index in [-0.39, 0.29) is 0 Å². The van der Waals surface area contributed by atoms with Crippen LogP contribution in [0.25, 0.3) is 55.3 Å². The summed E-state index contributed by atoms with van der Waals surface area (Å²) in [7, 11) is 0. The van der Waals surface area contributed by atoms with Crippen LogP contribution in [0.1, 0.15) is 19.9 Å². The summed E-state index contributed by atoms with van der Waals surface area (Å²) in [5.41, 5.74) is 8.17. The standard InChI is InChI=1S/C28H22N4/c1-18(2)30-23-13-7-6-12-20(23)21-16-17-22-27(26(21)30)32-25-15-9-8-14-24(25)31(28(32)29-22)19-10-4-3-5-11-19/h3-18H,1-2H3. The quantitative estimate of drug-likeness (QED) is 0.296. The summed E-state index contributed by atoms with van der Waals surface area (Å²) in [6.07, 6.45) is 0. The molecular formula is C28H22N4. The van der Waals surface area contributed by atoms with Gasteiger partial charge in [-0.25, -0.2) is 4.98 Å². The van der Waals surface area contributed by atoms with Gasteiger partial charge in [-0.3, -0.25) is 8.97 Å². The fourth-order valence-electron chi connectivity index (χ4n) is 5.33. The Morgan fingerprint density at radius 3 is 2.09 bits per heavy atom. The third kappa shape index (κ3) is 2.14. The Balaban J connectivity index is 1.78. The Labute approximate surface area is 184 Å².